The number of nitrogens with zero attached hydrogens (tertiary/aromatic N) is 4. The van der Waals surface area contributed by atoms with Crippen LogP contribution in [0.1, 0.15) is 149 Å². The normalized spacial score (nSPS) is 17.2. The van der Waals surface area contributed by atoms with Crippen molar-refractivity contribution >= 4 is 302 Å². The van der Waals surface area contributed by atoms with Gasteiger partial charge in [0.1, 0.15) is 24.4 Å². The topological polar surface area (TPSA) is 220 Å². The summed E-state index contributed by atoms with van der Waals surface area (Å²) in [5, 5.41) is 9.33. The van der Waals surface area contributed by atoms with E-state index in [1.807, 2.05) is 91.0 Å². The average Bonchev–Trinajstić information content (AvgIpc) is 1.58. The maximum atomic E-state index is 11.9. The van der Waals surface area contributed by atoms with E-state index in [2.05, 4.69) is 245 Å². The lowest BCUT2D eigenvalue weighted by Gasteiger charge is -2.35. The first-order chi connectivity index (χ1) is 62.3. The van der Waals surface area contributed by atoms with Crippen LogP contribution in [-0.2, 0) is 86.3 Å². The summed E-state index contributed by atoms with van der Waals surface area (Å²) in [5.41, 5.74) is 16.2. The van der Waals surface area contributed by atoms with Crippen LogP contribution in [0.2, 0.25) is 35.2 Å². The number of pyridine rings is 1. The van der Waals surface area contributed by atoms with Crippen molar-refractivity contribution in [3.05, 3.63) is 248 Å². The summed E-state index contributed by atoms with van der Waals surface area (Å²) in [6.45, 7) is 22.1. The van der Waals surface area contributed by atoms with Crippen LogP contribution in [0.5, 0.6) is 0 Å². The fourth-order valence-corrected chi connectivity index (χ4v) is 19.3. The van der Waals surface area contributed by atoms with Gasteiger partial charge < -0.3 is 43.3 Å². The van der Waals surface area contributed by atoms with E-state index in [0.29, 0.717) is 44.4 Å². The number of hydrogen-bond donors (Lipinski definition) is 1. The monoisotopic (exact) mass is 2540 g/mol. The molecule has 9 aromatic rings. The number of halogens is 17. The molecule has 5 saturated carbocycles. The third kappa shape index (κ3) is 36.1. The van der Waals surface area contributed by atoms with Gasteiger partial charge in [-0.1, -0.05) is 293 Å². The Morgan fingerprint density at radius 2 is 0.947 bits per heavy atom. The van der Waals surface area contributed by atoms with Crippen molar-refractivity contribution in [1.29, 1.82) is 1.34 Å². The smallest absolute Gasteiger partial charge is 0.456 e. The molecule has 38 heteroatoms. The zero-order valence-electron chi connectivity index (χ0n) is 74.5. The largest absolute Gasteiger partial charge is 0.494 e. The molecule has 131 heavy (non-hydrogen) atoms. The maximum absolute atomic E-state index is 11.9. The highest BCUT2D eigenvalue weighted by molar-refractivity contribution is 9.12. The van der Waals surface area contributed by atoms with E-state index in [0.717, 1.165) is 189 Å². The summed E-state index contributed by atoms with van der Waals surface area (Å²) in [6, 6.07) is 46.9. The number of carbonyl (C=O) groups is 2. The second-order valence-electron chi connectivity index (χ2n) is 32.0. The molecule has 0 bridgehead atoms. The Bertz CT molecular complexity index is 5110. The number of fused-ring (bicyclic) bond motifs is 1. The molecule has 1 atom stereocenters. The summed E-state index contributed by atoms with van der Waals surface area (Å²) >= 11 is 73.1. The summed E-state index contributed by atoms with van der Waals surface area (Å²) in [5.74, 6) is 0.644. The van der Waals surface area contributed by atoms with Crippen molar-refractivity contribution in [2.45, 2.75) is 151 Å². The molecule has 5 aliphatic carbocycles. The second-order valence-corrected chi connectivity index (χ2v) is 42.6. The molecule has 2 aromatic heterocycles. The zero-order valence-corrected chi connectivity index (χ0v) is 95.1. The van der Waals surface area contributed by atoms with Crippen LogP contribution in [0.15, 0.2) is 179 Å². The molecule has 7 aromatic carbocycles. The Morgan fingerprint density at radius 1 is 0.550 bits per heavy atom. The molecule has 1 amide bonds. The highest BCUT2D eigenvalue weighted by Crippen LogP contribution is 2.56. The Hall–Kier alpha value is -2.19. The average molecular weight is 2560 g/mol. The maximum Gasteiger partial charge on any atom is 0.494 e. The Morgan fingerprint density at radius 3 is 1.30 bits per heavy atom. The van der Waals surface area contributed by atoms with E-state index in [4.69, 9.17) is 140 Å². The SMILES string of the molecule is BrCCBr.BrCCOCCBr.CC1(C)OB(c2ccc(C3(N4CCOCC4)CC3)c(Cl)c2)OC1(C)C.CC1(c2ccc(Br)cc2Cl)CC1.CCc1ccc(Br)cc1Cl.CN(C)C(=O)c1ccc(-c2cc3nccc(Cl)c3o2)cc1.Cl.Clc1cc(Br)ccc1C1(N2CCOCC2)CC1.NC1(c2ccc(Br)cc2Cl)CC1.O=C=O.O=C=O.O=COC1(c2ccc(Br)cc2Cl)CC1.[2H][B]P. The van der Waals surface area contributed by atoms with E-state index in [9.17, 15) is 9.59 Å². The third-order valence-corrected chi connectivity index (χ3v) is 29.7. The number of nitrogens with two attached hydrogens (primary N) is 1. The quantitative estimate of drug-likeness (QED) is 0.0277. The van der Waals surface area contributed by atoms with Crippen molar-refractivity contribution in [2.24, 2.45) is 5.73 Å². The number of ether oxygens (including phenoxy) is 4. The van der Waals surface area contributed by atoms with Gasteiger partial charge in [-0.15, -0.1) is 12.4 Å². The summed E-state index contributed by atoms with van der Waals surface area (Å²) in [6.07, 6.45) is 14.3. The van der Waals surface area contributed by atoms with Crippen LogP contribution in [0.4, 0.5) is 0 Å². The number of carbonyl (C=O) groups excluding carboxylic acids is 6. The van der Waals surface area contributed by atoms with E-state index in [1.165, 1.54) is 68.3 Å². The van der Waals surface area contributed by atoms with Crippen LogP contribution in [0.3, 0.4) is 0 Å². The molecule has 18 nitrogen and oxygen atoms in total. The molecule has 0 spiro atoms. The van der Waals surface area contributed by atoms with E-state index >= 15 is 0 Å². The lowest BCUT2D eigenvalue weighted by atomic mass is 9.78. The lowest BCUT2D eigenvalue weighted by Crippen LogP contribution is -2.44. The highest BCUT2D eigenvalue weighted by Gasteiger charge is 2.55. The number of amides is 1. The van der Waals surface area contributed by atoms with Gasteiger partial charge in [0.25, 0.3) is 12.4 Å². The van der Waals surface area contributed by atoms with Gasteiger partial charge >= 0.3 is 19.4 Å². The first-order valence-electron chi connectivity index (χ1n) is 41.9. The van der Waals surface area contributed by atoms with Gasteiger partial charge in [-0.25, -0.2) is 0 Å². The second kappa shape index (κ2) is 58.3. The predicted molar refractivity (Wildman–Crippen MR) is 571 cm³/mol. The standard InChI is InChI=1S/C19H27BClNO3.C16H13ClN2O2.C13H15BrClNO.C10H8BrClO2.C10H10BrCl.C9H9BrClN.C8H8BrCl.C4H8Br2O.C2H4Br2.2CO2.BH3P.ClH/c1-17(2)18(3,4)25-20(24-17)14-5-6-15(16(21)13-14)19(7-8-19)22-9-11-23-12-10-22;1-19(2)16(20)11-5-3-10(4-6-11)14-9-13-15(21-14)12(17)7-8-18-13;14-10-1-2-11(12(15)9-10)13(3-4-13)16-5-7-17-8-6-16;11-7-1-2-8(9(12)5-7)10(3-4-10)14-6-13;1-10(4-5-10)8-3-2-7(11)6-9(8)12;10-6-1-2-7(8(11)5-6)9(12)3-4-9;1-2-6-3-4-7(9)5-8(6)10;5-1-3-7-4-2-6;3-1-2-4;2*2-1-3;1-2;/h5-6,13H,7-12H2,1-4H3;3-9H,1-2H3;1-2,9H,3-8H2;1-2,5-6H,3-4H2;2-3,6H,4-5H2,1H3;1-2,5H,3-4,12H2;3-5H,2H2,1H3;1-4H2;1-2H2;;;1H,2H2;1H/i;;;;;;;;;;;1D;. The molecule has 711 valence electrons. The first kappa shape index (κ1) is 118. The molecule has 3 saturated heterocycles. The van der Waals surface area contributed by atoms with E-state index in [-0.39, 0.29) is 65.6 Å². The molecule has 8 fully saturated rings. The predicted octanol–water partition coefficient (Wildman–Crippen LogP) is 26.9. The van der Waals surface area contributed by atoms with E-state index in [1.54, 1.807) is 43.4 Å². The number of aromatic nitrogens is 1. The molecule has 5 heterocycles. The lowest BCUT2D eigenvalue weighted by molar-refractivity contribution is -0.193. The van der Waals surface area contributed by atoms with Crippen LogP contribution < -0.4 is 11.2 Å². The minimum atomic E-state index is -0.445. The van der Waals surface area contributed by atoms with Gasteiger partial charge in [-0.05, 0) is 223 Å². The van der Waals surface area contributed by atoms with Gasteiger partial charge in [-0.3, -0.25) is 24.4 Å². The summed E-state index contributed by atoms with van der Waals surface area (Å²) in [4.78, 5) is 65.5. The molecule has 2 N–H and O–H groups in total. The van der Waals surface area contributed by atoms with Crippen molar-refractivity contribution < 1.29 is 61.4 Å². The number of furan rings is 1. The fraction of sp³-hybridized carbons (Fsp3) is 0.430. The van der Waals surface area contributed by atoms with Crippen molar-refractivity contribution in [3.63, 3.8) is 0 Å². The Kier molecular flexibility index (Phi) is 52.3. The molecule has 3 aliphatic heterocycles. The van der Waals surface area contributed by atoms with E-state index < -0.39 is 5.60 Å². The molecule has 1 unspecified atom stereocenters. The minimum absolute atomic E-state index is 0. The number of alkyl halides is 4. The van der Waals surface area contributed by atoms with Crippen molar-refractivity contribution in [2.75, 3.05) is 101 Å². The number of aryl methyl sites for hydroxylation is 1. The number of rotatable bonds is 18. The fourth-order valence-electron chi connectivity index (χ4n) is 14.0. The van der Waals surface area contributed by atoms with Crippen LogP contribution in [-0.4, -0.2) is 173 Å². The number of hydrogen-bond acceptors (Lipinski definition) is 17. The third-order valence-electron chi connectivity index (χ3n) is 22.5. The Labute approximate surface area is 892 Å². The van der Waals surface area contributed by atoms with Crippen molar-refractivity contribution in [1.82, 2.24) is 19.7 Å². The highest BCUT2D eigenvalue weighted by atomic mass is 79.9. The van der Waals surface area contributed by atoms with Crippen LogP contribution >= 0.6 is 246 Å². The van der Waals surface area contributed by atoms with Gasteiger partial charge in [0, 0.05) is 160 Å². The van der Waals surface area contributed by atoms with Crippen molar-refractivity contribution in [3.8, 4) is 11.3 Å². The summed E-state index contributed by atoms with van der Waals surface area (Å²) in [7, 11) is 6.37. The molecular weight excluding hydrogens is 2450 g/mol. The van der Waals surface area contributed by atoms with Gasteiger partial charge in [-0.2, -0.15) is 28.3 Å². The van der Waals surface area contributed by atoms with Crippen LogP contribution in [0.25, 0.3) is 22.4 Å². The van der Waals surface area contributed by atoms with Gasteiger partial charge in [0.2, 0.25) is 0 Å². The first-order valence-corrected chi connectivity index (χ1v) is 53.1. The number of morpholine rings is 2. The molecule has 1 radical (unpaired) electrons. The number of benzene rings is 7. The molecule has 8 aliphatic rings. The molecular formula is C93H106B2Br9Cl8N5O13P. The Balaban J connectivity index is 0.000000267. The summed E-state index contributed by atoms with van der Waals surface area (Å²) < 4.78 is 50.2. The van der Waals surface area contributed by atoms with Gasteiger partial charge in [0.15, 0.2) is 5.58 Å². The van der Waals surface area contributed by atoms with Gasteiger partial charge in [0.05, 0.1) is 55.9 Å². The minimum Gasteiger partial charge on any atom is -0.456 e. The zero-order chi connectivity index (χ0) is 97.1. The van der Waals surface area contributed by atoms with Crippen LogP contribution in [0, 0.1) is 0 Å². The molecule has 17 rings (SSSR count).